The van der Waals surface area contributed by atoms with Gasteiger partial charge in [-0.1, -0.05) is 20.3 Å². The van der Waals surface area contributed by atoms with Gasteiger partial charge in [-0.05, 0) is 12.3 Å². The molecule has 1 rings (SSSR count). The molecule has 142 valence electrons. The predicted octanol–water partition coefficient (Wildman–Crippen LogP) is 2.43. The van der Waals surface area contributed by atoms with Gasteiger partial charge in [-0.3, -0.25) is 0 Å². The van der Waals surface area contributed by atoms with E-state index in [9.17, 15) is 51.8 Å². The van der Waals surface area contributed by atoms with Crippen molar-refractivity contribution >= 4 is 21.8 Å². The van der Waals surface area contributed by atoms with E-state index in [0.29, 0.717) is 6.61 Å². The second-order valence-corrected chi connectivity index (χ2v) is 3.44. The molecule has 1 fully saturated rings. The Morgan fingerprint density at radius 3 is 0.913 bits per heavy atom. The second kappa shape index (κ2) is 16.4. The van der Waals surface area contributed by atoms with E-state index >= 15 is 0 Å². The summed E-state index contributed by atoms with van der Waals surface area (Å²) in [6, 6.07) is 0. The van der Waals surface area contributed by atoms with Gasteiger partial charge in [-0.2, -0.15) is 0 Å². The Hall–Kier alpha value is 0.951. The molecular weight excluding hydrogens is 388 g/mol. The zero-order chi connectivity index (χ0) is 17.9. The van der Waals surface area contributed by atoms with E-state index in [4.69, 9.17) is 5.11 Å². The fourth-order valence-corrected chi connectivity index (χ4v) is 0.589. The Bertz CT molecular complexity index is 200. The van der Waals surface area contributed by atoms with Crippen molar-refractivity contribution in [2.24, 2.45) is 5.92 Å². The van der Waals surface area contributed by atoms with E-state index in [1.54, 1.807) is 0 Å². The topological polar surface area (TPSA) is 20.2 Å². The summed E-state index contributed by atoms with van der Waals surface area (Å²) in [5.41, 5.74) is 0. The minimum absolute atomic E-state index is 0. The minimum Gasteiger partial charge on any atom is -1.00 e. The quantitative estimate of drug-likeness (QED) is 0.556. The molecule has 0 spiro atoms. The first-order valence-electron chi connectivity index (χ1n) is 5.16. The molecule has 1 nitrogen and oxygen atoms in total. The minimum atomic E-state index is -6.00. The molecule has 0 amide bonds. The Balaban J connectivity index is -0.0000000434. The largest absolute Gasteiger partial charge is 1.00 e. The number of aliphatic hydroxyl groups is 1. The van der Waals surface area contributed by atoms with Crippen LogP contribution in [-0.4, -0.2) is 33.5 Å². The molecule has 0 aromatic heterocycles. The van der Waals surface area contributed by atoms with E-state index < -0.39 is 21.8 Å². The molecule has 1 aliphatic rings. The standard InChI is InChI=1S/C5H10O.CH4.3BF4.K.H/c6-4-3-5-1-2-5;;3*2-1(3,4)5;;/h5-6H,1-4H2;1H4;;;;;/q;;3*-1;+1;-1. The smallest absolute Gasteiger partial charge is 1.00 e. The molecule has 1 saturated carbocycles. The van der Waals surface area contributed by atoms with Gasteiger partial charge < -0.3 is 58.3 Å². The predicted molar refractivity (Wildman–Crippen MR) is 62.8 cm³/mol. The molecule has 0 unspecified atom stereocenters. The molecule has 17 heteroatoms. The van der Waals surface area contributed by atoms with Gasteiger partial charge in [-0.15, -0.1) is 0 Å². The third kappa shape index (κ3) is 208. The molecule has 0 atom stereocenters. The van der Waals surface area contributed by atoms with Crippen molar-refractivity contribution in [1.82, 2.24) is 0 Å². The van der Waals surface area contributed by atoms with Crippen LogP contribution in [0.25, 0.3) is 0 Å². The van der Waals surface area contributed by atoms with Crippen molar-refractivity contribution in [3.63, 3.8) is 0 Å². The number of rotatable bonds is 2. The molecular formula is C6H15B3F12KO-3. The zero-order valence-electron chi connectivity index (χ0n) is 12.1. The first-order chi connectivity index (χ1) is 8.93. The van der Waals surface area contributed by atoms with Crippen molar-refractivity contribution in [1.29, 1.82) is 0 Å². The van der Waals surface area contributed by atoms with Crippen LogP contribution in [0.5, 0.6) is 0 Å². The SMILES string of the molecule is C.F[B-](F)(F)F.F[B-](F)(F)F.F[B-](F)(F)F.OCCC1CC1.[H-].[K+]. The molecule has 0 radical (unpaired) electrons. The molecule has 0 heterocycles. The van der Waals surface area contributed by atoms with E-state index in [0.717, 1.165) is 12.3 Å². The Labute approximate surface area is 169 Å². The van der Waals surface area contributed by atoms with Crippen LogP contribution >= 0.6 is 0 Å². The average Bonchev–Trinajstić information content (AvgIpc) is 2.77. The number of aliphatic hydroxyl groups excluding tert-OH is 1. The van der Waals surface area contributed by atoms with Gasteiger partial charge >= 0.3 is 73.1 Å². The van der Waals surface area contributed by atoms with Crippen molar-refractivity contribution < 1.29 is 110 Å². The monoisotopic (exact) mass is 403 g/mol. The van der Waals surface area contributed by atoms with Gasteiger partial charge in [0.1, 0.15) is 0 Å². The second-order valence-electron chi connectivity index (χ2n) is 3.44. The van der Waals surface area contributed by atoms with Gasteiger partial charge in [0.2, 0.25) is 0 Å². The maximum atomic E-state index is 9.75. The van der Waals surface area contributed by atoms with Crippen molar-refractivity contribution in [2.45, 2.75) is 26.7 Å². The molecule has 0 saturated heterocycles. The van der Waals surface area contributed by atoms with Gasteiger partial charge in [0.05, 0.1) is 0 Å². The van der Waals surface area contributed by atoms with E-state index in [1.165, 1.54) is 12.8 Å². The van der Waals surface area contributed by atoms with Crippen LogP contribution < -0.4 is 51.4 Å². The van der Waals surface area contributed by atoms with Crippen LogP contribution in [-0.2, 0) is 0 Å². The summed E-state index contributed by atoms with van der Waals surface area (Å²) >= 11 is 0. The summed E-state index contributed by atoms with van der Waals surface area (Å²) in [5.74, 6) is 0.898. The summed E-state index contributed by atoms with van der Waals surface area (Å²) in [4.78, 5) is 0. The van der Waals surface area contributed by atoms with E-state index in [2.05, 4.69) is 0 Å². The molecule has 0 aromatic carbocycles. The first kappa shape index (κ1) is 35.1. The molecule has 0 aliphatic heterocycles. The Kier molecular flexibility index (Phi) is 25.1. The Morgan fingerprint density at radius 1 is 0.696 bits per heavy atom. The van der Waals surface area contributed by atoms with Crippen LogP contribution in [0, 0.1) is 5.92 Å². The van der Waals surface area contributed by atoms with Crippen molar-refractivity contribution in [2.75, 3.05) is 6.61 Å². The van der Waals surface area contributed by atoms with Gasteiger partial charge in [0.15, 0.2) is 0 Å². The maximum absolute atomic E-state index is 9.75. The molecule has 23 heavy (non-hydrogen) atoms. The van der Waals surface area contributed by atoms with Crippen molar-refractivity contribution in [3.8, 4) is 0 Å². The van der Waals surface area contributed by atoms with E-state index in [-0.39, 0.29) is 60.2 Å². The van der Waals surface area contributed by atoms with Crippen LogP contribution in [0.3, 0.4) is 0 Å². The molecule has 0 aromatic rings. The molecule has 1 aliphatic carbocycles. The number of halogens is 12. The normalized spacial score (nSPS) is 13.4. The van der Waals surface area contributed by atoms with Crippen LogP contribution in [0.4, 0.5) is 51.8 Å². The summed E-state index contributed by atoms with van der Waals surface area (Å²) < 4.78 is 117. The van der Waals surface area contributed by atoms with Crippen molar-refractivity contribution in [3.05, 3.63) is 0 Å². The summed E-state index contributed by atoms with van der Waals surface area (Å²) in [6.45, 7) is 0.394. The molecule has 1 N–H and O–H groups in total. The van der Waals surface area contributed by atoms with Crippen LogP contribution in [0.15, 0.2) is 0 Å². The Morgan fingerprint density at radius 2 is 0.870 bits per heavy atom. The van der Waals surface area contributed by atoms with Crippen LogP contribution in [0.1, 0.15) is 28.1 Å². The van der Waals surface area contributed by atoms with Gasteiger partial charge in [-0.25, -0.2) is 0 Å². The summed E-state index contributed by atoms with van der Waals surface area (Å²) in [7, 11) is -18.0. The zero-order valence-corrected chi connectivity index (χ0v) is 14.2. The third-order valence-corrected chi connectivity index (χ3v) is 1.23. The summed E-state index contributed by atoms with van der Waals surface area (Å²) in [6.07, 6.45) is 3.76. The fraction of sp³-hybridized carbons (Fsp3) is 1.00. The van der Waals surface area contributed by atoms with Crippen LogP contribution in [0.2, 0.25) is 0 Å². The van der Waals surface area contributed by atoms with Gasteiger partial charge in [0, 0.05) is 6.61 Å². The number of hydrogen-bond donors (Lipinski definition) is 1. The fourth-order valence-electron chi connectivity index (χ4n) is 0.589. The molecule has 0 bridgehead atoms. The number of hydrogen-bond acceptors (Lipinski definition) is 1. The average molecular weight is 403 g/mol. The third-order valence-electron chi connectivity index (χ3n) is 1.23. The first-order valence-corrected chi connectivity index (χ1v) is 5.16. The van der Waals surface area contributed by atoms with E-state index in [1.807, 2.05) is 0 Å². The van der Waals surface area contributed by atoms with Gasteiger partial charge in [0.25, 0.3) is 0 Å². The maximum Gasteiger partial charge on any atom is 1.00 e. The summed E-state index contributed by atoms with van der Waals surface area (Å²) in [5, 5.41) is 8.28.